The summed E-state index contributed by atoms with van der Waals surface area (Å²) in [4.78, 5) is 4.84. The summed E-state index contributed by atoms with van der Waals surface area (Å²) in [7, 11) is -3.72. The topological polar surface area (TPSA) is 37.2 Å². The largest absolute Gasteiger partial charge is 0.311 e. The predicted molar refractivity (Wildman–Crippen MR) is 235 cm³/mol. The molecule has 0 radical (unpaired) electrons. The monoisotopic (exact) mass is 743 g/mol. The molecular formula is C48H41N5Si2. The van der Waals surface area contributed by atoms with Crippen LogP contribution in [0.2, 0.25) is 26.2 Å². The van der Waals surface area contributed by atoms with Gasteiger partial charge in [0, 0.05) is 50.9 Å². The number of hydrogen-bond donors (Lipinski definition) is 0. The molecule has 0 atom stereocenters. The van der Waals surface area contributed by atoms with Gasteiger partial charge in [-0.1, -0.05) is 117 Å². The lowest BCUT2D eigenvalue weighted by molar-refractivity contribution is 1.07. The molecule has 0 amide bonds. The Bertz CT molecular complexity index is 2450. The van der Waals surface area contributed by atoms with Gasteiger partial charge in [-0.05, 0) is 106 Å². The summed E-state index contributed by atoms with van der Waals surface area (Å²) in [6.07, 6.45) is 0. The summed E-state index contributed by atoms with van der Waals surface area (Å²) in [5.41, 5.74) is 10.4. The van der Waals surface area contributed by atoms with Crippen molar-refractivity contribution in [1.82, 2.24) is 14.8 Å². The van der Waals surface area contributed by atoms with E-state index in [2.05, 4.69) is 210 Å². The smallest absolute Gasteiger partial charge is 0.168 e. The number of benzene rings is 7. The molecule has 2 aliphatic rings. The van der Waals surface area contributed by atoms with Crippen molar-refractivity contribution in [3.05, 3.63) is 176 Å². The van der Waals surface area contributed by atoms with E-state index in [9.17, 15) is 0 Å². The van der Waals surface area contributed by atoms with E-state index in [1.807, 2.05) is 6.07 Å². The van der Waals surface area contributed by atoms with Gasteiger partial charge in [-0.2, -0.15) is 0 Å². The zero-order valence-electron chi connectivity index (χ0n) is 31.5. The second kappa shape index (κ2) is 12.7. The van der Waals surface area contributed by atoms with Crippen LogP contribution >= 0.6 is 0 Å². The average Bonchev–Trinajstić information content (AvgIpc) is 3.67. The average molecular weight is 744 g/mol. The highest BCUT2D eigenvalue weighted by Crippen LogP contribution is 2.41. The van der Waals surface area contributed by atoms with Crippen molar-refractivity contribution in [3.63, 3.8) is 0 Å². The van der Waals surface area contributed by atoms with Crippen molar-refractivity contribution in [2.45, 2.75) is 26.2 Å². The van der Waals surface area contributed by atoms with Crippen LogP contribution in [0, 0.1) is 0 Å². The van der Waals surface area contributed by atoms with Gasteiger partial charge < -0.3 is 9.80 Å². The fraction of sp³-hybridized carbons (Fsp3) is 0.0833. The highest BCUT2D eigenvalue weighted by Gasteiger charge is 2.39. The predicted octanol–water partition coefficient (Wildman–Crippen LogP) is 9.81. The van der Waals surface area contributed by atoms with E-state index in [-0.39, 0.29) is 0 Å². The molecule has 1 aromatic heterocycles. The van der Waals surface area contributed by atoms with Gasteiger partial charge in [0.05, 0.1) is 0 Å². The van der Waals surface area contributed by atoms with Crippen molar-refractivity contribution >= 4 is 71.0 Å². The summed E-state index contributed by atoms with van der Waals surface area (Å²) >= 11 is 0. The van der Waals surface area contributed by atoms with Gasteiger partial charge in [-0.15, -0.1) is 10.2 Å². The zero-order valence-corrected chi connectivity index (χ0v) is 33.5. The van der Waals surface area contributed by atoms with Gasteiger partial charge in [0.2, 0.25) is 0 Å². The SMILES string of the molecule is C[Si]1(C)c2ccccc2N(c2ccc(-c3nnc(-c4ccc(N5c6ccccc6[Si](C)(C)c6ccccc65)cc4)n3-c3ccccc3)cc2)c2ccccc21. The molecule has 10 rings (SSSR count). The summed E-state index contributed by atoms with van der Waals surface area (Å²) in [6.45, 7) is 9.83. The van der Waals surface area contributed by atoms with Crippen LogP contribution < -0.4 is 30.5 Å². The fourth-order valence-corrected chi connectivity index (χ4v) is 14.9. The molecule has 2 aliphatic heterocycles. The number of aromatic nitrogens is 3. The number of hydrogen-bond acceptors (Lipinski definition) is 4. The second-order valence-corrected chi connectivity index (χ2v) is 24.3. The summed E-state index contributed by atoms with van der Waals surface area (Å²) in [6, 6.07) is 63.7. The van der Waals surface area contributed by atoms with Gasteiger partial charge in [0.15, 0.2) is 11.6 Å². The Morgan fingerprint density at radius 2 is 0.636 bits per heavy atom. The highest BCUT2D eigenvalue weighted by atomic mass is 28.3. The van der Waals surface area contributed by atoms with Crippen LogP contribution in [0.4, 0.5) is 34.1 Å². The maximum atomic E-state index is 4.86. The van der Waals surface area contributed by atoms with Crippen LogP contribution in [0.1, 0.15) is 0 Å². The first-order chi connectivity index (χ1) is 26.8. The second-order valence-electron chi connectivity index (χ2n) is 15.6. The van der Waals surface area contributed by atoms with Crippen LogP contribution in [0.15, 0.2) is 176 Å². The van der Waals surface area contributed by atoms with E-state index in [4.69, 9.17) is 10.2 Å². The summed E-state index contributed by atoms with van der Waals surface area (Å²) in [5, 5.41) is 15.5. The Labute approximate surface area is 324 Å². The lowest BCUT2D eigenvalue weighted by Gasteiger charge is -2.41. The Balaban J connectivity index is 1.04. The number of fused-ring (bicyclic) bond motifs is 4. The van der Waals surface area contributed by atoms with E-state index < -0.39 is 16.1 Å². The quantitative estimate of drug-likeness (QED) is 0.165. The first-order valence-corrected chi connectivity index (χ1v) is 25.0. The number of rotatable bonds is 5. The Morgan fingerprint density at radius 3 is 0.982 bits per heavy atom. The van der Waals surface area contributed by atoms with Gasteiger partial charge in [0.1, 0.15) is 16.1 Å². The van der Waals surface area contributed by atoms with Crippen LogP contribution in [-0.2, 0) is 0 Å². The lowest BCUT2D eigenvalue weighted by atomic mass is 10.1. The minimum Gasteiger partial charge on any atom is -0.311 e. The van der Waals surface area contributed by atoms with Crippen LogP contribution in [0.5, 0.6) is 0 Å². The first-order valence-electron chi connectivity index (χ1n) is 19.0. The van der Waals surface area contributed by atoms with E-state index in [0.717, 1.165) is 39.8 Å². The molecule has 0 saturated heterocycles. The molecule has 8 aromatic rings. The molecule has 0 aliphatic carbocycles. The van der Waals surface area contributed by atoms with Gasteiger partial charge >= 0.3 is 0 Å². The van der Waals surface area contributed by atoms with Gasteiger partial charge in [0.25, 0.3) is 0 Å². The Morgan fingerprint density at radius 1 is 0.327 bits per heavy atom. The molecule has 0 bridgehead atoms. The molecule has 5 nitrogen and oxygen atoms in total. The third-order valence-electron chi connectivity index (χ3n) is 11.7. The van der Waals surface area contributed by atoms with E-state index >= 15 is 0 Å². The minimum atomic E-state index is -1.86. The Kier molecular flexibility index (Phi) is 7.66. The number of para-hydroxylation sites is 5. The molecule has 3 heterocycles. The minimum absolute atomic E-state index is 0.802. The third kappa shape index (κ3) is 5.18. The molecule has 0 spiro atoms. The molecule has 0 N–H and O–H groups in total. The first kappa shape index (κ1) is 33.3. The van der Waals surface area contributed by atoms with Gasteiger partial charge in [-0.25, -0.2) is 0 Å². The van der Waals surface area contributed by atoms with E-state index in [0.29, 0.717) is 0 Å². The zero-order chi connectivity index (χ0) is 37.3. The van der Waals surface area contributed by atoms with Crippen molar-refractivity contribution in [1.29, 1.82) is 0 Å². The molecule has 55 heavy (non-hydrogen) atoms. The van der Waals surface area contributed by atoms with Crippen molar-refractivity contribution in [2.75, 3.05) is 9.80 Å². The molecule has 7 aromatic carbocycles. The van der Waals surface area contributed by atoms with E-state index in [1.54, 1.807) is 0 Å². The molecular weight excluding hydrogens is 703 g/mol. The Hall–Kier alpha value is -6.29. The molecule has 0 unspecified atom stereocenters. The highest BCUT2D eigenvalue weighted by molar-refractivity contribution is 7.03. The third-order valence-corrected chi connectivity index (χ3v) is 18.8. The maximum Gasteiger partial charge on any atom is 0.168 e. The maximum absolute atomic E-state index is 4.86. The van der Waals surface area contributed by atoms with Crippen LogP contribution in [0.3, 0.4) is 0 Å². The van der Waals surface area contributed by atoms with Crippen LogP contribution in [0.25, 0.3) is 28.5 Å². The normalized spacial score (nSPS) is 14.8. The fourth-order valence-electron chi connectivity index (χ4n) is 8.89. The number of anilines is 6. The van der Waals surface area contributed by atoms with Crippen molar-refractivity contribution in [3.8, 4) is 28.5 Å². The van der Waals surface area contributed by atoms with Crippen molar-refractivity contribution in [2.24, 2.45) is 0 Å². The molecule has 0 saturated carbocycles. The standard InChI is InChI=1S/C48H41N5Si2/c1-54(2)43-22-12-8-18-39(43)51(40-19-9-13-23-44(40)54)37-30-26-34(27-31-37)47-49-50-48(53(47)36-16-6-5-7-17-36)35-28-32-38(33-29-35)52-41-20-10-14-24-45(41)55(3,4)46-25-15-11-21-42(46)52/h5-33H,1-4H3. The van der Waals surface area contributed by atoms with Gasteiger partial charge in [-0.3, -0.25) is 4.57 Å². The molecule has 7 heteroatoms. The molecule has 0 fully saturated rings. The van der Waals surface area contributed by atoms with Crippen LogP contribution in [-0.4, -0.2) is 30.9 Å². The summed E-state index contributed by atoms with van der Waals surface area (Å²) in [5.74, 6) is 1.60. The van der Waals surface area contributed by atoms with E-state index in [1.165, 1.54) is 43.5 Å². The summed E-state index contributed by atoms with van der Waals surface area (Å²) < 4.78 is 2.18. The molecule has 266 valence electrons. The van der Waals surface area contributed by atoms with Crippen molar-refractivity contribution < 1.29 is 0 Å². The lowest BCUT2D eigenvalue weighted by Crippen LogP contribution is -2.58. The number of nitrogens with zero attached hydrogens (tertiary/aromatic N) is 5.